The van der Waals surface area contributed by atoms with Crippen molar-refractivity contribution in [1.82, 2.24) is 5.32 Å². The lowest BCUT2D eigenvalue weighted by atomic mass is 10.0. The van der Waals surface area contributed by atoms with E-state index in [1.807, 2.05) is 37.3 Å². The fraction of sp³-hybridized carbons (Fsp3) is 0.318. The maximum atomic E-state index is 12.4. The van der Waals surface area contributed by atoms with Gasteiger partial charge in [0.25, 0.3) is 5.91 Å². The van der Waals surface area contributed by atoms with Crippen LogP contribution in [-0.2, 0) is 25.5 Å². The van der Waals surface area contributed by atoms with E-state index in [0.717, 1.165) is 11.1 Å². The summed E-state index contributed by atoms with van der Waals surface area (Å²) in [5.41, 5.74) is 2.25. The van der Waals surface area contributed by atoms with Gasteiger partial charge in [0.15, 0.2) is 6.61 Å². The Balaban J connectivity index is 1.87. The number of ether oxygens (including phenoxy) is 1. The largest absolute Gasteiger partial charge is 0.454 e. The summed E-state index contributed by atoms with van der Waals surface area (Å²) < 4.78 is 5.11. The number of esters is 1. The Morgan fingerprint density at radius 3 is 2.34 bits per heavy atom. The predicted octanol–water partition coefficient (Wildman–Crippen LogP) is 3.51. The first-order chi connectivity index (χ1) is 13.8. The van der Waals surface area contributed by atoms with Crippen molar-refractivity contribution in [3.63, 3.8) is 0 Å². The molecule has 6 nitrogen and oxygen atoms in total. The molecule has 0 heterocycles. The number of aryl methyl sites for hydroxylation is 1. The van der Waals surface area contributed by atoms with Gasteiger partial charge in [0.05, 0.1) is 6.42 Å². The fourth-order valence-corrected chi connectivity index (χ4v) is 2.78. The Labute approximate surface area is 175 Å². The predicted molar refractivity (Wildman–Crippen MR) is 113 cm³/mol. The van der Waals surface area contributed by atoms with Crippen LogP contribution in [0.1, 0.15) is 25.0 Å². The molecule has 0 aliphatic carbocycles. The summed E-state index contributed by atoms with van der Waals surface area (Å²) in [6.45, 7) is 4.99. The van der Waals surface area contributed by atoms with Gasteiger partial charge in [0.1, 0.15) is 6.04 Å². The topological polar surface area (TPSA) is 84.5 Å². The van der Waals surface area contributed by atoms with Crippen LogP contribution < -0.4 is 10.6 Å². The molecule has 2 amide bonds. The number of nitrogens with one attached hydrogen (secondary N) is 2. The summed E-state index contributed by atoms with van der Waals surface area (Å²) in [6, 6.07) is 13.5. The van der Waals surface area contributed by atoms with Gasteiger partial charge in [-0.3, -0.25) is 9.59 Å². The van der Waals surface area contributed by atoms with Gasteiger partial charge in [-0.05, 0) is 36.1 Å². The first-order valence-electron chi connectivity index (χ1n) is 9.32. The molecule has 0 radical (unpaired) electrons. The number of amides is 2. The second kappa shape index (κ2) is 10.6. The van der Waals surface area contributed by atoms with E-state index in [1.165, 1.54) is 0 Å². The minimum absolute atomic E-state index is 0.159. The number of carbonyl (C=O) groups is 3. The standard InChI is InChI=1S/C22H25ClN2O4/c1-14(2)21(25-19(26)11-16-7-5-4-6-8-16)22(28)29-13-20(27)24-17-10-9-15(3)18(23)12-17/h4-10,12,14,21H,11,13H2,1-3H3,(H,24,27)(H,25,26)/t21-/m0/s1. The van der Waals surface area contributed by atoms with Crippen LogP contribution in [0.25, 0.3) is 0 Å². The van der Waals surface area contributed by atoms with Gasteiger partial charge in [-0.25, -0.2) is 4.79 Å². The molecule has 0 aliphatic heterocycles. The molecule has 7 heteroatoms. The van der Waals surface area contributed by atoms with Crippen molar-refractivity contribution >= 4 is 35.1 Å². The number of carbonyl (C=O) groups excluding carboxylic acids is 3. The van der Waals surface area contributed by atoms with Gasteiger partial charge in [-0.2, -0.15) is 0 Å². The highest BCUT2D eigenvalue weighted by molar-refractivity contribution is 6.31. The van der Waals surface area contributed by atoms with Crippen LogP contribution in [-0.4, -0.2) is 30.4 Å². The molecule has 2 N–H and O–H groups in total. The highest BCUT2D eigenvalue weighted by atomic mass is 35.5. The molecule has 0 aromatic heterocycles. The Morgan fingerprint density at radius 1 is 1.03 bits per heavy atom. The van der Waals surface area contributed by atoms with Crippen LogP contribution in [0, 0.1) is 12.8 Å². The van der Waals surface area contributed by atoms with E-state index in [2.05, 4.69) is 10.6 Å². The van der Waals surface area contributed by atoms with E-state index >= 15 is 0 Å². The second-order valence-electron chi connectivity index (χ2n) is 7.07. The molecule has 0 saturated carbocycles. The second-order valence-corrected chi connectivity index (χ2v) is 7.48. The molecule has 0 fully saturated rings. The summed E-state index contributed by atoms with van der Waals surface area (Å²) in [5.74, 6) is -1.62. The Morgan fingerprint density at radius 2 is 1.72 bits per heavy atom. The summed E-state index contributed by atoms with van der Waals surface area (Å²) in [5, 5.41) is 5.84. The molecule has 0 bridgehead atoms. The average Bonchev–Trinajstić information content (AvgIpc) is 2.67. The molecular weight excluding hydrogens is 392 g/mol. The van der Waals surface area contributed by atoms with Gasteiger partial charge >= 0.3 is 5.97 Å². The highest BCUT2D eigenvalue weighted by Crippen LogP contribution is 2.19. The number of hydrogen-bond acceptors (Lipinski definition) is 4. The first-order valence-corrected chi connectivity index (χ1v) is 9.70. The molecule has 0 saturated heterocycles. The van der Waals surface area contributed by atoms with Crippen LogP contribution >= 0.6 is 11.6 Å². The zero-order valence-corrected chi connectivity index (χ0v) is 17.5. The van der Waals surface area contributed by atoms with E-state index < -0.39 is 24.5 Å². The lowest BCUT2D eigenvalue weighted by molar-refractivity contribution is -0.151. The smallest absolute Gasteiger partial charge is 0.329 e. The lowest BCUT2D eigenvalue weighted by Gasteiger charge is -2.20. The van der Waals surface area contributed by atoms with Crippen molar-refractivity contribution in [2.24, 2.45) is 5.92 Å². The van der Waals surface area contributed by atoms with Crippen molar-refractivity contribution in [3.05, 3.63) is 64.7 Å². The molecule has 2 rings (SSSR count). The molecular formula is C22H25ClN2O4. The molecule has 0 aliphatic rings. The minimum atomic E-state index is -0.840. The van der Waals surface area contributed by atoms with E-state index in [1.54, 1.807) is 32.0 Å². The van der Waals surface area contributed by atoms with Gasteiger partial charge in [0, 0.05) is 10.7 Å². The molecule has 0 unspecified atom stereocenters. The monoisotopic (exact) mass is 416 g/mol. The molecule has 154 valence electrons. The zero-order valence-electron chi connectivity index (χ0n) is 16.7. The normalized spacial score (nSPS) is 11.6. The minimum Gasteiger partial charge on any atom is -0.454 e. The first kappa shape index (κ1) is 22.4. The third kappa shape index (κ3) is 7.23. The van der Waals surface area contributed by atoms with Crippen LogP contribution in [0.4, 0.5) is 5.69 Å². The summed E-state index contributed by atoms with van der Waals surface area (Å²) in [7, 11) is 0. The summed E-state index contributed by atoms with van der Waals surface area (Å²) in [4.78, 5) is 36.7. The third-order valence-corrected chi connectivity index (χ3v) is 4.65. The Bertz CT molecular complexity index is 868. The maximum Gasteiger partial charge on any atom is 0.329 e. The molecule has 2 aromatic rings. The van der Waals surface area contributed by atoms with Crippen LogP contribution in [0.2, 0.25) is 5.02 Å². The fourth-order valence-electron chi connectivity index (χ4n) is 2.60. The number of anilines is 1. The Hall–Kier alpha value is -2.86. The van der Waals surface area contributed by atoms with Crippen LogP contribution in [0.3, 0.4) is 0 Å². The zero-order chi connectivity index (χ0) is 21.4. The quantitative estimate of drug-likeness (QED) is 0.645. The number of hydrogen-bond donors (Lipinski definition) is 2. The number of halogens is 1. The number of benzene rings is 2. The molecule has 1 atom stereocenters. The van der Waals surface area contributed by atoms with Crippen molar-refractivity contribution < 1.29 is 19.1 Å². The van der Waals surface area contributed by atoms with E-state index in [4.69, 9.17) is 16.3 Å². The molecule has 2 aromatic carbocycles. The van der Waals surface area contributed by atoms with Crippen molar-refractivity contribution in [1.29, 1.82) is 0 Å². The highest BCUT2D eigenvalue weighted by Gasteiger charge is 2.26. The van der Waals surface area contributed by atoms with E-state index in [9.17, 15) is 14.4 Å². The van der Waals surface area contributed by atoms with E-state index in [0.29, 0.717) is 10.7 Å². The Kier molecular flexibility index (Phi) is 8.21. The van der Waals surface area contributed by atoms with Gasteiger partial charge in [-0.1, -0.05) is 61.8 Å². The van der Waals surface area contributed by atoms with Crippen molar-refractivity contribution in [2.45, 2.75) is 33.2 Å². The number of rotatable bonds is 8. The van der Waals surface area contributed by atoms with Gasteiger partial charge in [-0.15, -0.1) is 0 Å². The van der Waals surface area contributed by atoms with E-state index in [-0.39, 0.29) is 18.2 Å². The van der Waals surface area contributed by atoms with Crippen molar-refractivity contribution in [3.8, 4) is 0 Å². The molecule has 29 heavy (non-hydrogen) atoms. The summed E-state index contributed by atoms with van der Waals surface area (Å²) >= 11 is 6.03. The average molecular weight is 417 g/mol. The maximum absolute atomic E-state index is 12.4. The lowest BCUT2D eigenvalue weighted by Crippen LogP contribution is -2.46. The SMILES string of the molecule is Cc1ccc(NC(=O)COC(=O)[C@@H](NC(=O)Cc2ccccc2)C(C)C)cc1Cl. The third-order valence-electron chi connectivity index (χ3n) is 4.25. The van der Waals surface area contributed by atoms with Gasteiger partial charge in [0.2, 0.25) is 5.91 Å². The summed E-state index contributed by atoms with van der Waals surface area (Å²) in [6.07, 6.45) is 0.159. The molecule has 0 spiro atoms. The van der Waals surface area contributed by atoms with Gasteiger partial charge < -0.3 is 15.4 Å². The van der Waals surface area contributed by atoms with Crippen molar-refractivity contribution in [2.75, 3.05) is 11.9 Å². The van der Waals surface area contributed by atoms with Crippen LogP contribution in [0.5, 0.6) is 0 Å². The van der Waals surface area contributed by atoms with Crippen LogP contribution in [0.15, 0.2) is 48.5 Å².